The molecule has 8 heteroatoms. The third-order valence-corrected chi connectivity index (χ3v) is 4.95. The number of hydrogen-bond acceptors (Lipinski definition) is 6. The van der Waals surface area contributed by atoms with Gasteiger partial charge in [-0.05, 0) is 47.2 Å². The van der Waals surface area contributed by atoms with Crippen LogP contribution < -0.4 is 4.74 Å². The van der Waals surface area contributed by atoms with Crippen LogP contribution in [0.2, 0.25) is 0 Å². The molecule has 2 aromatic carbocycles. The van der Waals surface area contributed by atoms with Crippen LogP contribution in [0.3, 0.4) is 0 Å². The number of ketones is 1. The molecule has 0 atom stereocenters. The molecule has 0 aliphatic rings. The second kappa shape index (κ2) is 7.79. The van der Waals surface area contributed by atoms with Gasteiger partial charge in [-0.15, -0.1) is 5.10 Å². The van der Waals surface area contributed by atoms with Crippen molar-refractivity contribution in [1.82, 2.24) is 20.2 Å². The summed E-state index contributed by atoms with van der Waals surface area (Å²) in [5.41, 5.74) is 2.46. The smallest absolute Gasteiger partial charge is 0.214 e. The largest absolute Gasteiger partial charge is 0.494 e. The van der Waals surface area contributed by atoms with Crippen molar-refractivity contribution in [3.63, 3.8) is 0 Å². The number of nitrogens with zero attached hydrogens (tertiary/aromatic N) is 4. The van der Waals surface area contributed by atoms with Gasteiger partial charge in [0.25, 0.3) is 0 Å². The molecule has 128 valence electrons. The van der Waals surface area contributed by atoms with Gasteiger partial charge in [0.15, 0.2) is 5.78 Å². The van der Waals surface area contributed by atoms with E-state index in [0.717, 1.165) is 15.7 Å². The normalized spacial score (nSPS) is 10.7. The third-order valence-electron chi connectivity index (χ3n) is 3.50. The number of carbonyl (C=O) groups excluding carboxylic acids is 1. The monoisotopic (exact) mass is 418 g/mol. The highest BCUT2D eigenvalue weighted by Gasteiger charge is 2.15. The highest BCUT2D eigenvalue weighted by atomic mass is 79.9. The topological polar surface area (TPSA) is 69.9 Å². The van der Waals surface area contributed by atoms with Gasteiger partial charge < -0.3 is 4.74 Å². The van der Waals surface area contributed by atoms with E-state index in [1.807, 2.05) is 37.3 Å². The number of halogens is 1. The highest BCUT2D eigenvalue weighted by molar-refractivity contribution is 9.10. The van der Waals surface area contributed by atoms with E-state index in [9.17, 15) is 4.79 Å². The van der Waals surface area contributed by atoms with E-state index in [4.69, 9.17) is 4.74 Å². The molecule has 0 aliphatic carbocycles. The summed E-state index contributed by atoms with van der Waals surface area (Å²) in [6.45, 7) is 1.98. The predicted molar refractivity (Wildman–Crippen MR) is 99.6 cm³/mol. The van der Waals surface area contributed by atoms with Crippen molar-refractivity contribution < 1.29 is 9.53 Å². The van der Waals surface area contributed by atoms with Crippen LogP contribution >= 0.6 is 27.7 Å². The van der Waals surface area contributed by atoms with Crippen LogP contribution in [0.25, 0.3) is 5.69 Å². The first-order chi connectivity index (χ1) is 12.1. The Morgan fingerprint density at radius 2 is 2.00 bits per heavy atom. The van der Waals surface area contributed by atoms with Crippen LogP contribution in [0.4, 0.5) is 0 Å². The zero-order valence-electron chi connectivity index (χ0n) is 13.6. The molecule has 25 heavy (non-hydrogen) atoms. The Bertz CT molecular complexity index is 896. The first kappa shape index (κ1) is 17.6. The van der Waals surface area contributed by atoms with E-state index in [-0.39, 0.29) is 11.5 Å². The molecule has 1 aromatic heterocycles. The van der Waals surface area contributed by atoms with Crippen LogP contribution in [0.15, 0.2) is 52.1 Å². The number of methoxy groups -OCH3 is 1. The fourth-order valence-corrected chi connectivity index (χ4v) is 3.28. The molecule has 1 heterocycles. The number of aryl methyl sites for hydroxylation is 1. The molecule has 0 spiro atoms. The summed E-state index contributed by atoms with van der Waals surface area (Å²) < 4.78 is 7.91. The summed E-state index contributed by atoms with van der Waals surface area (Å²) in [5, 5.41) is 12.3. The van der Waals surface area contributed by atoms with Gasteiger partial charge in [0.1, 0.15) is 11.4 Å². The first-order valence-electron chi connectivity index (χ1n) is 7.43. The lowest BCUT2D eigenvalue weighted by Crippen LogP contribution is -2.06. The molecule has 0 saturated carbocycles. The Balaban J connectivity index is 1.80. The van der Waals surface area contributed by atoms with Crippen molar-refractivity contribution in [3.8, 4) is 11.4 Å². The van der Waals surface area contributed by atoms with E-state index in [1.54, 1.807) is 23.9 Å². The molecule has 3 rings (SSSR count). The Morgan fingerprint density at radius 3 is 2.72 bits per heavy atom. The number of thioether (sulfide) groups is 1. The molecular formula is C17H15BrN4O2S. The molecule has 6 nitrogen and oxygen atoms in total. The maximum Gasteiger partial charge on any atom is 0.214 e. The van der Waals surface area contributed by atoms with Gasteiger partial charge in [-0.25, -0.2) is 0 Å². The van der Waals surface area contributed by atoms with Crippen molar-refractivity contribution in [3.05, 3.63) is 58.1 Å². The number of rotatable bonds is 6. The number of hydrogen-bond donors (Lipinski definition) is 0. The van der Waals surface area contributed by atoms with Crippen LogP contribution in [0.5, 0.6) is 5.75 Å². The van der Waals surface area contributed by atoms with Crippen LogP contribution in [-0.4, -0.2) is 38.9 Å². The second-order valence-corrected chi connectivity index (χ2v) is 7.13. The van der Waals surface area contributed by atoms with Crippen molar-refractivity contribution in [1.29, 1.82) is 0 Å². The number of ether oxygens (including phenoxy) is 1. The molecule has 0 saturated heterocycles. The molecule has 0 unspecified atom stereocenters. The van der Waals surface area contributed by atoms with Gasteiger partial charge in [0.2, 0.25) is 5.16 Å². The van der Waals surface area contributed by atoms with Crippen molar-refractivity contribution in [2.45, 2.75) is 12.1 Å². The number of aromatic nitrogens is 4. The van der Waals surface area contributed by atoms with Crippen molar-refractivity contribution >= 4 is 33.5 Å². The Hall–Kier alpha value is -2.19. The highest BCUT2D eigenvalue weighted by Crippen LogP contribution is 2.27. The molecule has 0 bridgehead atoms. The molecule has 0 aliphatic heterocycles. The van der Waals surface area contributed by atoms with E-state index in [2.05, 4.69) is 31.5 Å². The molecule has 0 N–H and O–H groups in total. The zero-order chi connectivity index (χ0) is 17.8. The second-order valence-electron chi connectivity index (χ2n) is 5.27. The van der Waals surface area contributed by atoms with E-state index < -0.39 is 0 Å². The lowest BCUT2D eigenvalue weighted by atomic mass is 10.2. The summed E-state index contributed by atoms with van der Waals surface area (Å²) in [5.74, 6) is 0.929. The Morgan fingerprint density at radius 1 is 1.24 bits per heavy atom. The molecule has 0 fully saturated rings. The summed E-state index contributed by atoms with van der Waals surface area (Å²) in [4.78, 5) is 12.3. The quantitative estimate of drug-likeness (QED) is 0.448. The standard InChI is InChI=1S/C17H15BrN4O2S/c1-11-3-8-16(24-2)14(9-11)22-17(19-20-21-22)25-10-15(23)12-4-6-13(18)7-5-12/h3-9H,10H2,1-2H3. The predicted octanol–water partition coefficient (Wildman–Crippen LogP) is 3.72. The van der Waals surface area contributed by atoms with Crippen LogP contribution in [0, 0.1) is 6.92 Å². The van der Waals surface area contributed by atoms with Gasteiger partial charge in [-0.3, -0.25) is 4.79 Å². The van der Waals surface area contributed by atoms with Gasteiger partial charge in [-0.2, -0.15) is 4.68 Å². The average Bonchev–Trinajstić information content (AvgIpc) is 3.08. The van der Waals surface area contributed by atoms with Crippen LogP contribution in [-0.2, 0) is 0 Å². The minimum Gasteiger partial charge on any atom is -0.494 e. The Labute approximate surface area is 157 Å². The van der Waals surface area contributed by atoms with E-state index >= 15 is 0 Å². The van der Waals surface area contributed by atoms with Crippen molar-refractivity contribution in [2.24, 2.45) is 0 Å². The summed E-state index contributed by atoms with van der Waals surface area (Å²) in [7, 11) is 1.60. The molecule has 0 amide bonds. The summed E-state index contributed by atoms with van der Waals surface area (Å²) >= 11 is 4.65. The number of benzene rings is 2. The maximum atomic E-state index is 12.3. The van der Waals surface area contributed by atoms with E-state index in [0.29, 0.717) is 16.5 Å². The van der Waals surface area contributed by atoms with Crippen LogP contribution in [0.1, 0.15) is 15.9 Å². The Kier molecular flexibility index (Phi) is 5.50. The fraction of sp³-hybridized carbons (Fsp3) is 0.176. The van der Waals surface area contributed by atoms with Gasteiger partial charge >= 0.3 is 0 Å². The minimum absolute atomic E-state index is 0.0169. The van der Waals surface area contributed by atoms with Gasteiger partial charge in [-0.1, -0.05) is 45.9 Å². The fourth-order valence-electron chi connectivity index (χ4n) is 2.23. The number of tetrazole rings is 1. The van der Waals surface area contributed by atoms with Gasteiger partial charge in [0.05, 0.1) is 12.9 Å². The zero-order valence-corrected chi connectivity index (χ0v) is 16.0. The average molecular weight is 419 g/mol. The maximum absolute atomic E-state index is 12.3. The minimum atomic E-state index is 0.0169. The first-order valence-corrected chi connectivity index (χ1v) is 9.21. The molecule has 3 aromatic rings. The van der Waals surface area contributed by atoms with E-state index in [1.165, 1.54) is 11.8 Å². The number of Topliss-reactive ketones (excluding diaryl/α,β-unsaturated/α-hetero) is 1. The lowest BCUT2D eigenvalue weighted by molar-refractivity contribution is 0.102. The summed E-state index contributed by atoms with van der Waals surface area (Å²) in [6, 6.07) is 13.0. The SMILES string of the molecule is COc1ccc(C)cc1-n1nnnc1SCC(=O)c1ccc(Br)cc1. The van der Waals surface area contributed by atoms with Crippen molar-refractivity contribution in [2.75, 3.05) is 12.9 Å². The van der Waals surface area contributed by atoms with Gasteiger partial charge in [0, 0.05) is 10.0 Å². The third kappa shape index (κ3) is 4.08. The molecular weight excluding hydrogens is 404 g/mol. The lowest BCUT2D eigenvalue weighted by Gasteiger charge is -2.10. The number of carbonyl (C=O) groups is 1. The summed E-state index contributed by atoms with van der Waals surface area (Å²) in [6.07, 6.45) is 0. The molecule has 0 radical (unpaired) electrons.